The summed E-state index contributed by atoms with van der Waals surface area (Å²) in [5, 5.41) is 0. The fraction of sp³-hybridized carbons (Fsp3) is 0.500. The highest BCUT2D eigenvalue weighted by atomic mass is 19.1. The van der Waals surface area contributed by atoms with E-state index in [1.54, 1.807) is 6.20 Å². The maximum absolute atomic E-state index is 12.5. The first-order valence-electron chi connectivity index (χ1n) is 4.78. The van der Waals surface area contributed by atoms with E-state index in [1.165, 1.54) is 6.07 Å². The minimum absolute atomic E-state index is 0.0819. The van der Waals surface area contributed by atoms with E-state index in [2.05, 4.69) is 9.88 Å². The summed E-state index contributed by atoms with van der Waals surface area (Å²) in [6.45, 7) is 1.99. The van der Waals surface area contributed by atoms with E-state index in [0.29, 0.717) is 13.1 Å². The van der Waals surface area contributed by atoms with Crippen molar-refractivity contribution >= 4 is 0 Å². The number of nitrogens with zero attached hydrogens (tertiary/aromatic N) is 1. The van der Waals surface area contributed by atoms with Gasteiger partial charge in [0.05, 0.1) is 0 Å². The number of H-pyrrole nitrogens is 1. The molecule has 0 spiro atoms. The quantitative estimate of drug-likeness (QED) is 0.767. The molecule has 76 valence electrons. The number of aromatic amines is 1. The zero-order valence-corrected chi connectivity index (χ0v) is 7.87. The van der Waals surface area contributed by atoms with Crippen molar-refractivity contribution in [2.45, 2.75) is 12.6 Å². The average molecular weight is 196 g/mol. The second kappa shape index (κ2) is 3.92. The van der Waals surface area contributed by atoms with E-state index in [-0.39, 0.29) is 5.56 Å². The first-order chi connectivity index (χ1) is 6.74. The van der Waals surface area contributed by atoms with E-state index < -0.39 is 6.17 Å². The van der Waals surface area contributed by atoms with Gasteiger partial charge in [-0.25, -0.2) is 4.39 Å². The normalized spacial score (nSPS) is 18.1. The zero-order valence-electron chi connectivity index (χ0n) is 7.87. The number of aromatic nitrogens is 1. The molecule has 1 aromatic rings. The summed E-state index contributed by atoms with van der Waals surface area (Å²) in [5.74, 6) is 0. The fourth-order valence-corrected chi connectivity index (χ4v) is 1.57. The molecule has 1 fully saturated rings. The number of alkyl halides is 1. The van der Waals surface area contributed by atoms with Crippen LogP contribution in [0.25, 0.3) is 0 Å². The number of likely N-dealkylation sites (tertiary alicyclic amines) is 1. The molecular weight excluding hydrogens is 183 g/mol. The lowest BCUT2D eigenvalue weighted by Gasteiger charge is -2.34. The third-order valence-corrected chi connectivity index (χ3v) is 2.48. The molecule has 0 saturated carbocycles. The lowest BCUT2D eigenvalue weighted by Crippen LogP contribution is -2.48. The number of rotatable bonds is 3. The molecule has 1 N–H and O–H groups in total. The van der Waals surface area contributed by atoms with Gasteiger partial charge < -0.3 is 4.98 Å². The number of hydrogen-bond donors (Lipinski definition) is 1. The largest absolute Gasteiger partial charge is 0.329 e. The van der Waals surface area contributed by atoms with Crippen molar-refractivity contribution in [3.05, 3.63) is 34.2 Å². The Bertz CT molecular complexity index is 337. The Morgan fingerprint density at radius 3 is 2.86 bits per heavy atom. The van der Waals surface area contributed by atoms with Crippen LogP contribution in [0.1, 0.15) is 5.56 Å². The van der Waals surface area contributed by atoms with Gasteiger partial charge in [0.25, 0.3) is 0 Å². The number of halogens is 1. The number of pyridine rings is 1. The zero-order chi connectivity index (χ0) is 9.97. The topological polar surface area (TPSA) is 36.1 Å². The third kappa shape index (κ3) is 2.20. The molecule has 0 aliphatic carbocycles. The molecule has 0 atom stereocenters. The smallest absolute Gasteiger partial charge is 0.247 e. The minimum Gasteiger partial charge on any atom is -0.329 e. The van der Waals surface area contributed by atoms with Crippen LogP contribution >= 0.6 is 0 Å². The summed E-state index contributed by atoms with van der Waals surface area (Å²) in [7, 11) is 0. The molecular formula is C10H13FN2O. The molecule has 0 bridgehead atoms. The monoisotopic (exact) mass is 196 g/mol. The average Bonchev–Trinajstić information content (AvgIpc) is 2.13. The lowest BCUT2D eigenvalue weighted by atomic mass is 10.1. The van der Waals surface area contributed by atoms with Gasteiger partial charge in [-0.15, -0.1) is 0 Å². The molecule has 1 aliphatic heterocycles. The molecule has 2 rings (SSSR count). The second-order valence-corrected chi connectivity index (χ2v) is 3.67. The summed E-state index contributed by atoms with van der Waals surface area (Å²) >= 11 is 0. The highest BCUT2D eigenvalue weighted by molar-refractivity contribution is 5.09. The van der Waals surface area contributed by atoms with Gasteiger partial charge in [-0.1, -0.05) is 6.07 Å². The van der Waals surface area contributed by atoms with E-state index in [1.807, 2.05) is 6.07 Å². The van der Waals surface area contributed by atoms with Crippen molar-refractivity contribution < 1.29 is 4.39 Å². The maximum atomic E-state index is 12.5. The molecule has 1 saturated heterocycles. The summed E-state index contributed by atoms with van der Waals surface area (Å²) in [6.07, 6.45) is 1.95. The highest BCUT2D eigenvalue weighted by Gasteiger charge is 2.25. The van der Waals surface area contributed by atoms with Crippen LogP contribution in [0.4, 0.5) is 4.39 Å². The fourth-order valence-electron chi connectivity index (χ4n) is 1.57. The van der Waals surface area contributed by atoms with Crippen LogP contribution < -0.4 is 5.56 Å². The Morgan fingerprint density at radius 1 is 1.50 bits per heavy atom. The second-order valence-electron chi connectivity index (χ2n) is 3.67. The first kappa shape index (κ1) is 9.40. The van der Waals surface area contributed by atoms with Crippen molar-refractivity contribution in [1.29, 1.82) is 0 Å². The summed E-state index contributed by atoms with van der Waals surface area (Å²) in [5.41, 5.74) is 1.01. The number of nitrogens with one attached hydrogen (secondary N) is 1. The Labute approximate surface area is 81.6 Å². The van der Waals surface area contributed by atoms with Gasteiger partial charge in [-0.3, -0.25) is 9.69 Å². The summed E-state index contributed by atoms with van der Waals surface area (Å²) in [6, 6.07) is 3.33. The van der Waals surface area contributed by atoms with Crippen LogP contribution in [0.5, 0.6) is 0 Å². The van der Waals surface area contributed by atoms with E-state index in [4.69, 9.17) is 0 Å². The third-order valence-electron chi connectivity index (χ3n) is 2.48. The SMILES string of the molecule is O=c1ccc(CCN2CC(F)C2)c[nH]1. The van der Waals surface area contributed by atoms with Crippen LogP contribution in [0.15, 0.2) is 23.1 Å². The van der Waals surface area contributed by atoms with Gasteiger partial charge in [0.2, 0.25) is 5.56 Å². The molecule has 4 heteroatoms. The van der Waals surface area contributed by atoms with E-state index >= 15 is 0 Å². The molecule has 3 nitrogen and oxygen atoms in total. The predicted molar refractivity (Wildman–Crippen MR) is 52.1 cm³/mol. The number of hydrogen-bond acceptors (Lipinski definition) is 2. The molecule has 14 heavy (non-hydrogen) atoms. The van der Waals surface area contributed by atoms with Crippen LogP contribution in [-0.2, 0) is 6.42 Å². The van der Waals surface area contributed by atoms with Crippen molar-refractivity contribution in [2.75, 3.05) is 19.6 Å². The van der Waals surface area contributed by atoms with Gasteiger partial charge in [0, 0.05) is 31.9 Å². The van der Waals surface area contributed by atoms with E-state index in [0.717, 1.165) is 18.5 Å². The van der Waals surface area contributed by atoms with Gasteiger partial charge in [-0.05, 0) is 12.0 Å². The predicted octanol–water partition coefficient (Wildman–Crippen LogP) is 0.571. The van der Waals surface area contributed by atoms with Crippen LogP contribution in [0.3, 0.4) is 0 Å². The van der Waals surface area contributed by atoms with Gasteiger partial charge >= 0.3 is 0 Å². The molecule has 0 radical (unpaired) electrons. The van der Waals surface area contributed by atoms with Crippen molar-refractivity contribution in [1.82, 2.24) is 9.88 Å². The summed E-state index contributed by atoms with van der Waals surface area (Å²) < 4.78 is 12.5. The standard InChI is InChI=1S/C10H13FN2O/c11-9-6-13(7-9)4-3-8-1-2-10(14)12-5-8/h1-2,5,9H,3-4,6-7H2,(H,12,14). The highest BCUT2D eigenvalue weighted by Crippen LogP contribution is 2.11. The molecule has 0 aromatic carbocycles. The maximum Gasteiger partial charge on any atom is 0.247 e. The van der Waals surface area contributed by atoms with E-state index in [9.17, 15) is 9.18 Å². The van der Waals surface area contributed by atoms with Crippen molar-refractivity contribution in [2.24, 2.45) is 0 Å². The van der Waals surface area contributed by atoms with Crippen LogP contribution in [0, 0.1) is 0 Å². The van der Waals surface area contributed by atoms with Crippen LogP contribution in [0.2, 0.25) is 0 Å². The van der Waals surface area contributed by atoms with Gasteiger partial charge in [0.15, 0.2) is 0 Å². The Hall–Kier alpha value is -1.16. The van der Waals surface area contributed by atoms with Crippen LogP contribution in [-0.4, -0.2) is 35.7 Å². The summed E-state index contributed by atoms with van der Waals surface area (Å²) in [4.78, 5) is 15.4. The van der Waals surface area contributed by atoms with Gasteiger partial charge in [-0.2, -0.15) is 0 Å². The molecule has 2 heterocycles. The minimum atomic E-state index is -0.634. The van der Waals surface area contributed by atoms with Crippen molar-refractivity contribution in [3.8, 4) is 0 Å². The molecule has 1 aromatic heterocycles. The lowest BCUT2D eigenvalue weighted by molar-refractivity contribution is 0.0670. The molecule has 0 amide bonds. The Kier molecular flexibility index (Phi) is 2.63. The van der Waals surface area contributed by atoms with Gasteiger partial charge in [0.1, 0.15) is 6.17 Å². The van der Waals surface area contributed by atoms with Crippen molar-refractivity contribution in [3.63, 3.8) is 0 Å². The Balaban J connectivity index is 1.80. The first-order valence-corrected chi connectivity index (χ1v) is 4.78. The molecule has 0 unspecified atom stereocenters. The molecule has 1 aliphatic rings. The Morgan fingerprint density at radius 2 is 2.29 bits per heavy atom.